The maximum absolute atomic E-state index is 13.2. The van der Waals surface area contributed by atoms with Crippen molar-refractivity contribution in [3.8, 4) is 11.5 Å². The predicted octanol–water partition coefficient (Wildman–Crippen LogP) is 3.78. The SMILES string of the molecule is O=C(NC(CN1CCCC1=O)c1cccc(C(F)(F)F)c1)c1cc(-c2ccco2)[nH]n1. The summed E-state index contributed by atoms with van der Waals surface area (Å²) < 4.78 is 44.8. The lowest BCUT2D eigenvalue weighted by molar-refractivity contribution is -0.137. The molecule has 1 aliphatic rings. The van der Waals surface area contributed by atoms with Crippen LogP contribution in [0.5, 0.6) is 0 Å². The fraction of sp³-hybridized carbons (Fsp3) is 0.286. The van der Waals surface area contributed by atoms with E-state index in [-0.39, 0.29) is 23.7 Å². The molecule has 1 saturated heterocycles. The van der Waals surface area contributed by atoms with E-state index in [1.807, 2.05) is 0 Å². The average Bonchev–Trinajstić information content (AvgIpc) is 3.49. The van der Waals surface area contributed by atoms with E-state index in [0.29, 0.717) is 30.8 Å². The molecular formula is C21H19F3N4O3. The van der Waals surface area contributed by atoms with Gasteiger partial charge in [0.25, 0.3) is 5.91 Å². The molecule has 10 heteroatoms. The molecular weight excluding hydrogens is 413 g/mol. The third kappa shape index (κ3) is 4.62. The molecule has 1 fully saturated rings. The van der Waals surface area contributed by atoms with Crippen molar-refractivity contribution in [3.63, 3.8) is 0 Å². The molecule has 2 amide bonds. The van der Waals surface area contributed by atoms with E-state index in [2.05, 4.69) is 15.5 Å². The predicted molar refractivity (Wildman–Crippen MR) is 104 cm³/mol. The molecule has 4 rings (SSSR count). The molecule has 3 aromatic rings. The summed E-state index contributed by atoms with van der Waals surface area (Å²) in [5.74, 6) is -0.183. The summed E-state index contributed by atoms with van der Waals surface area (Å²) in [6.45, 7) is 0.566. The van der Waals surface area contributed by atoms with Crippen LogP contribution in [0.2, 0.25) is 0 Å². The third-order valence-corrected chi connectivity index (χ3v) is 5.09. The number of nitrogens with one attached hydrogen (secondary N) is 2. The minimum Gasteiger partial charge on any atom is -0.463 e. The second-order valence-electron chi connectivity index (χ2n) is 7.24. The van der Waals surface area contributed by atoms with Crippen molar-refractivity contribution in [3.05, 3.63) is 65.5 Å². The zero-order valence-electron chi connectivity index (χ0n) is 16.3. The largest absolute Gasteiger partial charge is 0.463 e. The van der Waals surface area contributed by atoms with Crippen LogP contribution < -0.4 is 5.32 Å². The second kappa shape index (κ2) is 8.29. The first-order valence-corrected chi connectivity index (χ1v) is 9.66. The van der Waals surface area contributed by atoms with E-state index in [0.717, 1.165) is 12.1 Å². The highest BCUT2D eigenvalue weighted by Crippen LogP contribution is 2.31. The molecule has 1 aromatic carbocycles. The number of nitrogens with zero attached hydrogens (tertiary/aromatic N) is 2. The number of benzene rings is 1. The van der Waals surface area contributed by atoms with Crippen molar-refractivity contribution in [1.29, 1.82) is 0 Å². The van der Waals surface area contributed by atoms with Gasteiger partial charge in [0.2, 0.25) is 5.91 Å². The number of hydrogen-bond acceptors (Lipinski definition) is 4. The van der Waals surface area contributed by atoms with E-state index < -0.39 is 23.7 Å². The van der Waals surface area contributed by atoms with E-state index in [9.17, 15) is 22.8 Å². The first kappa shape index (κ1) is 20.7. The Labute approximate surface area is 175 Å². The van der Waals surface area contributed by atoms with Crippen molar-refractivity contribution in [1.82, 2.24) is 20.4 Å². The molecule has 1 unspecified atom stereocenters. The monoisotopic (exact) mass is 432 g/mol. The van der Waals surface area contributed by atoms with Gasteiger partial charge in [0.15, 0.2) is 11.5 Å². The van der Waals surface area contributed by atoms with E-state index in [4.69, 9.17) is 4.42 Å². The minimum absolute atomic E-state index is 0.0520. The summed E-state index contributed by atoms with van der Waals surface area (Å²) in [7, 11) is 0. The molecule has 162 valence electrons. The van der Waals surface area contributed by atoms with Crippen LogP contribution >= 0.6 is 0 Å². The standard InChI is InChI=1S/C21H19F3N4O3/c22-21(23,24)14-5-1-4-13(10-14)17(12-28-8-2-7-19(28)29)25-20(30)16-11-15(26-27-16)18-6-3-9-31-18/h1,3-6,9-11,17H,2,7-8,12H2,(H,25,30)(H,26,27). The molecule has 31 heavy (non-hydrogen) atoms. The number of hydrogen-bond donors (Lipinski definition) is 2. The highest BCUT2D eigenvalue weighted by molar-refractivity contribution is 5.93. The molecule has 1 aliphatic heterocycles. The van der Waals surface area contributed by atoms with Gasteiger partial charge in [0, 0.05) is 25.6 Å². The smallest absolute Gasteiger partial charge is 0.416 e. The normalized spacial score (nSPS) is 15.3. The molecule has 0 aliphatic carbocycles. The number of carbonyl (C=O) groups excluding carboxylic acids is 2. The Hall–Kier alpha value is -3.56. The molecule has 0 spiro atoms. The fourth-order valence-corrected chi connectivity index (χ4v) is 3.51. The first-order valence-electron chi connectivity index (χ1n) is 9.66. The number of H-pyrrole nitrogens is 1. The second-order valence-corrected chi connectivity index (χ2v) is 7.24. The van der Waals surface area contributed by atoms with Gasteiger partial charge in [-0.15, -0.1) is 0 Å². The maximum atomic E-state index is 13.2. The number of furan rings is 1. The van der Waals surface area contributed by atoms with Crippen LogP contribution in [0.25, 0.3) is 11.5 Å². The van der Waals surface area contributed by atoms with Gasteiger partial charge in [-0.1, -0.05) is 12.1 Å². The Morgan fingerprint density at radius 2 is 2.10 bits per heavy atom. The third-order valence-electron chi connectivity index (χ3n) is 5.09. The summed E-state index contributed by atoms with van der Waals surface area (Å²) in [4.78, 5) is 26.4. The number of aromatic amines is 1. The van der Waals surface area contributed by atoms with E-state index >= 15 is 0 Å². The van der Waals surface area contributed by atoms with Crippen LogP contribution in [-0.2, 0) is 11.0 Å². The molecule has 7 nitrogen and oxygen atoms in total. The molecule has 2 aromatic heterocycles. The molecule has 1 atom stereocenters. The Kier molecular flexibility index (Phi) is 5.53. The van der Waals surface area contributed by atoms with Gasteiger partial charge in [0.05, 0.1) is 17.9 Å². The van der Waals surface area contributed by atoms with Crippen LogP contribution in [0.4, 0.5) is 13.2 Å². The Morgan fingerprint density at radius 3 is 2.77 bits per heavy atom. The van der Waals surface area contributed by atoms with Crippen molar-refractivity contribution < 1.29 is 27.2 Å². The van der Waals surface area contributed by atoms with Crippen molar-refractivity contribution in [2.45, 2.75) is 25.1 Å². The number of aromatic nitrogens is 2. The summed E-state index contributed by atoms with van der Waals surface area (Å²) in [5, 5.41) is 9.38. The highest BCUT2D eigenvalue weighted by atomic mass is 19.4. The van der Waals surface area contributed by atoms with Gasteiger partial charge in [-0.25, -0.2) is 0 Å². The average molecular weight is 432 g/mol. The zero-order chi connectivity index (χ0) is 22.0. The fourth-order valence-electron chi connectivity index (χ4n) is 3.51. The Morgan fingerprint density at radius 1 is 1.26 bits per heavy atom. The topological polar surface area (TPSA) is 91.2 Å². The number of alkyl halides is 3. The maximum Gasteiger partial charge on any atom is 0.416 e. The van der Waals surface area contributed by atoms with Crippen molar-refractivity contribution in [2.75, 3.05) is 13.1 Å². The molecule has 0 radical (unpaired) electrons. The molecule has 0 bridgehead atoms. The van der Waals surface area contributed by atoms with Crippen LogP contribution in [0.1, 0.15) is 40.5 Å². The van der Waals surface area contributed by atoms with E-state index in [1.165, 1.54) is 24.5 Å². The van der Waals surface area contributed by atoms with Crippen LogP contribution in [-0.4, -0.2) is 40.0 Å². The lowest BCUT2D eigenvalue weighted by Gasteiger charge is -2.25. The number of carbonyl (C=O) groups is 2. The number of amides is 2. The Bertz CT molecular complexity index is 1080. The molecule has 3 heterocycles. The van der Waals surface area contributed by atoms with E-state index in [1.54, 1.807) is 17.0 Å². The number of likely N-dealkylation sites (tertiary alicyclic amines) is 1. The van der Waals surface area contributed by atoms with Crippen LogP contribution in [0.3, 0.4) is 0 Å². The highest BCUT2D eigenvalue weighted by Gasteiger charge is 2.32. The lowest BCUT2D eigenvalue weighted by Crippen LogP contribution is -2.38. The summed E-state index contributed by atoms with van der Waals surface area (Å²) in [6.07, 6.45) is -1.98. The lowest BCUT2D eigenvalue weighted by atomic mass is 10.0. The van der Waals surface area contributed by atoms with Crippen LogP contribution in [0, 0.1) is 0 Å². The number of rotatable bonds is 6. The first-order chi connectivity index (χ1) is 14.8. The van der Waals surface area contributed by atoms with Gasteiger partial charge in [0.1, 0.15) is 5.69 Å². The van der Waals surface area contributed by atoms with Crippen molar-refractivity contribution >= 4 is 11.8 Å². The summed E-state index contributed by atoms with van der Waals surface area (Å²) in [6, 6.07) is 8.77. The van der Waals surface area contributed by atoms with Gasteiger partial charge in [-0.3, -0.25) is 14.7 Å². The van der Waals surface area contributed by atoms with Gasteiger partial charge >= 0.3 is 6.18 Å². The summed E-state index contributed by atoms with van der Waals surface area (Å²) in [5.41, 5.74) is -0.0295. The Balaban J connectivity index is 1.58. The van der Waals surface area contributed by atoms with Gasteiger partial charge in [-0.05, 0) is 36.2 Å². The quantitative estimate of drug-likeness (QED) is 0.620. The molecule has 2 N–H and O–H groups in total. The summed E-state index contributed by atoms with van der Waals surface area (Å²) >= 11 is 0. The molecule has 0 saturated carbocycles. The zero-order valence-corrected chi connectivity index (χ0v) is 16.3. The van der Waals surface area contributed by atoms with Gasteiger partial charge in [-0.2, -0.15) is 18.3 Å². The van der Waals surface area contributed by atoms with Crippen LogP contribution in [0.15, 0.2) is 53.1 Å². The minimum atomic E-state index is -4.52. The van der Waals surface area contributed by atoms with Crippen molar-refractivity contribution in [2.24, 2.45) is 0 Å². The number of halogens is 3. The van der Waals surface area contributed by atoms with Gasteiger partial charge < -0.3 is 14.6 Å².